The molecule has 16 heavy (non-hydrogen) atoms. The number of aryl methyl sites for hydroxylation is 2. The summed E-state index contributed by atoms with van der Waals surface area (Å²) in [6, 6.07) is 0.0437. The molecular formula is C11H20ClN3O. The van der Waals surface area contributed by atoms with Crippen LogP contribution < -0.4 is 5.73 Å². The summed E-state index contributed by atoms with van der Waals surface area (Å²) in [5, 5.41) is 4.99. The first-order valence-electron chi connectivity index (χ1n) is 5.42. The Bertz CT molecular complexity index is 351. The highest BCUT2D eigenvalue weighted by Crippen LogP contribution is 2.21. The van der Waals surface area contributed by atoms with Crippen LogP contribution in [0.1, 0.15) is 24.7 Å². The zero-order chi connectivity index (χ0) is 12.3. The monoisotopic (exact) mass is 245 g/mol. The minimum atomic E-state index is 0.0437. The van der Waals surface area contributed by atoms with Gasteiger partial charge in [-0.25, -0.2) is 0 Å². The second kappa shape index (κ2) is 5.66. The van der Waals surface area contributed by atoms with Crippen LogP contribution in [0.25, 0.3) is 0 Å². The number of hydrogen-bond donors (Lipinski definition) is 1. The number of halogens is 1. The van der Waals surface area contributed by atoms with Gasteiger partial charge in [0.05, 0.1) is 22.5 Å². The van der Waals surface area contributed by atoms with Gasteiger partial charge in [-0.1, -0.05) is 11.6 Å². The lowest BCUT2D eigenvalue weighted by atomic mass is 10.1. The zero-order valence-electron chi connectivity index (χ0n) is 10.3. The summed E-state index contributed by atoms with van der Waals surface area (Å²) in [5.41, 5.74) is 7.90. The van der Waals surface area contributed by atoms with Gasteiger partial charge in [-0.15, -0.1) is 0 Å². The Morgan fingerprint density at radius 3 is 2.62 bits per heavy atom. The van der Waals surface area contributed by atoms with Crippen LogP contribution in [0.5, 0.6) is 0 Å². The van der Waals surface area contributed by atoms with E-state index in [9.17, 15) is 0 Å². The maximum absolute atomic E-state index is 6.16. The second-order valence-corrected chi connectivity index (χ2v) is 4.59. The largest absolute Gasteiger partial charge is 0.382 e. The number of rotatable bonds is 5. The Labute approximate surface area is 102 Å². The molecule has 4 nitrogen and oxygen atoms in total. The van der Waals surface area contributed by atoms with Gasteiger partial charge in [-0.3, -0.25) is 4.68 Å². The summed E-state index contributed by atoms with van der Waals surface area (Å²) >= 11 is 6.16. The fourth-order valence-corrected chi connectivity index (χ4v) is 1.99. The molecule has 0 bridgehead atoms. The lowest BCUT2D eigenvalue weighted by Gasteiger charge is -2.16. The summed E-state index contributed by atoms with van der Waals surface area (Å²) in [7, 11) is 3.58. The van der Waals surface area contributed by atoms with Gasteiger partial charge >= 0.3 is 0 Å². The third-order valence-electron chi connectivity index (χ3n) is 2.75. The molecule has 0 saturated carbocycles. The first kappa shape index (κ1) is 13.5. The average molecular weight is 246 g/mol. The molecule has 1 aromatic rings. The summed E-state index contributed by atoms with van der Waals surface area (Å²) < 4.78 is 6.99. The summed E-state index contributed by atoms with van der Waals surface area (Å²) in [5.74, 6) is 0. The average Bonchev–Trinajstić information content (AvgIpc) is 2.45. The highest BCUT2D eigenvalue weighted by Gasteiger charge is 2.16. The van der Waals surface area contributed by atoms with Crippen LogP contribution in [0.2, 0.25) is 5.02 Å². The molecule has 1 rings (SSSR count). The maximum Gasteiger partial charge on any atom is 0.0847 e. The van der Waals surface area contributed by atoms with Crippen molar-refractivity contribution >= 4 is 11.6 Å². The summed E-state index contributed by atoms with van der Waals surface area (Å²) in [6.45, 7) is 3.91. The Kier molecular flexibility index (Phi) is 4.77. The van der Waals surface area contributed by atoms with E-state index in [0.717, 1.165) is 29.3 Å². The number of methoxy groups -OCH3 is 1. The second-order valence-electron chi connectivity index (χ2n) is 4.22. The minimum absolute atomic E-state index is 0.0437. The highest BCUT2D eigenvalue weighted by atomic mass is 35.5. The van der Waals surface area contributed by atoms with Crippen molar-refractivity contribution in [1.82, 2.24) is 9.78 Å². The summed E-state index contributed by atoms with van der Waals surface area (Å²) in [4.78, 5) is 0. The van der Waals surface area contributed by atoms with Gasteiger partial charge in [0, 0.05) is 26.6 Å². The molecule has 0 aliphatic rings. The normalized spacial score (nSPS) is 15.1. The molecule has 5 heteroatoms. The van der Waals surface area contributed by atoms with E-state index in [2.05, 4.69) is 5.10 Å². The molecule has 92 valence electrons. The smallest absolute Gasteiger partial charge is 0.0847 e. The molecule has 0 radical (unpaired) electrons. The SMILES string of the molecule is COC(C)CC(N)Cc1c(Cl)c(C)nn1C. The minimum Gasteiger partial charge on any atom is -0.382 e. The standard InChI is InChI=1S/C11H20ClN3O/c1-7(16-4)5-9(13)6-10-11(12)8(2)14-15(10)3/h7,9H,5-6,13H2,1-4H3. The molecule has 2 unspecified atom stereocenters. The Morgan fingerprint density at radius 1 is 1.56 bits per heavy atom. The highest BCUT2D eigenvalue weighted by molar-refractivity contribution is 6.31. The molecule has 0 aliphatic carbocycles. The molecule has 0 saturated heterocycles. The van der Waals surface area contributed by atoms with Crippen molar-refractivity contribution in [2.45, 2.75) is 38.8 Å². The van der Waals surface area contributed by atoms with Crippen molar-refractivity contribution in [2.75, 3.05) is 7.11 Å². The van der Waals surface area contributed by atoms with Crippen molar-refractivity contribution in [1.29, 1.82) is 0 Å². The van der Waals surface area contributed by atoms with Crippen LogP contribution in [-0.2, 0) is 18.2 Å². The van der Waals surface area contributed by atoms with E-state index in [1.54, 1.807) is 11.8 Å². The molecule has 0 aromatic carbocycles. The zero-order valence-corrected chi connectivity index (χ0v) is 11.1. The van der Waals surface area contributed by atoms with Gasteiger partial charge in [0.1, 0.15) is 0 Å². The van der Waals surface area contributed by atoms with Crippen LogP contribution in [0, 0.1) is 6.92 Å². The lowest BCUT2D eigenvalue weighted by molar-refractivity contribution is 0.104. The van der Waals surface area contributed by atoms with Gasteiger partial charge in [0.15, 0.2) is 0 Å². The van der Waals surface area contributed by atoms with E-state index < -0.39 is 0 Å². The van der Waals surface area contributed by atoms with E-state index >= 15 is 0 Å². The maximum atomic E-state index is 6.16. The van der Waals surface area contributed by atoms with Crippen LogP contribution in [0.15, 0.2) is 0 Å². The lowest BCUT2D eigenvalue weighted by Crippen LogP contribution is -2.28. The van der Waals surface area contributed by atoms with Crippen molar-refractivity contribution in [3.8, 4) is 0 Å². The molecule has 0 spiro atoms. The van der Waals surface area contributed by atoms with Gasteiger partial charge in [0.25, 0.3) is 0 Å². The van der Waals surface area contributed by atoms with Crippen LogP contribution in [0.4, 0.5) is 0 Å². The fraction of sp³-hybridized carbons (Fsp3) is 0.727. The van der Waals surface area contributed by atoms with E-state index in [0.29, 0.717) is 0 Å². The van der Waals surface area contributed by atoms with Gasteiger partial charge in [-0.05, 0) is 20.3 Å². The molecular weight excluding hydrogens is 226 g/mol. The molecule has 0 aliphatic heterocycles. The third kappa shape index (κ3) is 3.20. The van der Waals surface area contributed by atoms with E-state index in [4.69, 9.17) is 22.1 Å². The number of nitrogens with zero attached hydrogens (tertiary/aromatic N) is 2. The third-order valence-corrected chi connectivity index (χ3v) is 3.25. The summed E-state index contributed by atoms with van der Waals surface area (Å²) in [6.07, 6.45) is 1.71. The van der Waals surface area contributed by atoms with Crippen LogP contribution >= 0.6 is 11.6 Å². The molecule has 1 aromatic heterocycles. The molecule has 2 atom stereocenters. The van der Waals surface area contributed by atoms with Crippen molar-refractivity contribution in [3.63, 3.8) is 0 Å². The van der Waals surface area contributed by atoms with Crippen molar-refractivity contribution in [3.05, 3.63) is 16.4 Å². The predicted molar refractivity (Wildman–Crippen MR) is 65.7 cm³/mol. The molecule has 2 N–H and O–H groups in total. The van der Waals surface area contributed by atoms with Gasteiger partial charge in [-0.2, -0.15) is 5.10 Å². The number of aromatic nitrogens is 2. The van der Waals surface area contributed by atoms with E-state index in [1.807, 2.05) is 20.9 Å². The van der Waals surface area contributed by atoms with Crippen molar-refractivity contribution in [2.24, 2.45) is 12.8 Å². The van der Waals surface area contributed by atoms with Gasteiger partial charge < -0.3 is 10.5 Å². The topological polar surface area (TPSA) is 53.1 Å². The Hall–Kier alpha value is -0.580. The number of hydrogen-bond acceptors (Lipinski definition) is 3. The predicted octanol–water partition coefficient (Wildman–Crippen LogP) is 1.68. The van der Waals surface area contributed by atoms with Crippen LogP contribution in [-0.4, -0.2) is 29.0 Å². The fourth-order valence-electron chi connectivity index (χ4n) is 1.76. The van der Waals surface area contributed by atoms with Crippen LogP contribution in [0.3, 0.4) is 0 Å². The molecule has 1 heterocycles. The number of ether oxygens (including phenoxy) is 1. The van der Waals surface area contributed by atoms with Crippen molar-refractivity contribution < 1.29 is 4.74 Å². The van der Waals surface area contributed by atoms with E-state index in [1.165, 1.54) is 0 Å². The Balaban J connectivity index is 2.65. The Morgan fingerprint density at radius 2 is 2.19 bits per heavy atom. The van der Waals surface area contributed by atoms with E-state index in [-0.39, 0.29) is 12.1 Å². The first-order valence-corrected chi connectivity index (χ1v) is 5.79. The quantitative estimate of drug-likeness (QED) is 0.859. The number of nitrogens with two attached hydrogens (primary N) is 1. The van der Waals surface area contributed by atoms with Gasteiger partial charge in [0.2, 0.25) is 0 Å². The molecule has 0 fully saturated rings. The molecule has 0 amide bonds. The first-order chi connectivity index (χ1) is 7.45.